The molecule has 1 aliphatic carbocycles. The van der Waals surface area contributed by atoms with Gasteiger partial charge in [-0.1, -0.05) is 6.92 Å². The number of carbonyl (C=O) groups is 1. The number of aromatic nitrogens is 1. The third-order valence-electron chi connectivity index (χ3n) is 2.82. The van der Waals surface area contributed by atoms with E-state index in [2.05, 4.69) is 27.8 Å². The number of rotatable bonds is 1. The summed E-state index contributed by atoms with van der Waals surface area (Å²) < 4.78 is 5.47. The minimum atomic E-state index is -0.275. The molecular formula is C11H12BrNO2. The van der Waals surface area contributed by atoms with Gasteiger partial charge in [0.2, 0.25) is 0 Å². The summed E-state index contributed by atoms with van der Waals surface area (Å²) in [7, 11) is 1.40. The maximum absolute atomic E-state index is 11.6. The molecule has 0 spiro atoms. The molecule has 0 saturated carbocycles. The molecule has 0 amide bonds. The first-order valence-corrected chi connectivity index (χ1v) is 5.70. The summed E-state index contributed by atoms with van der Waals surface area (Å²) in [4.78, 5) is 16.0. The maximum Gasteiger partial charge on any atom is 0.338 e. The Kier molecular flexibility index (Phi) is 2.78. The quantitative estimate of drug-likeness (QED) is 0.581. The average Bonchev–Trinajstić information content (AvgIpc) is 2.58. The summed E-state index contributed by atoms with van der Waals surface area (Å²) in [5.74, 6) is 0.157. The van der Waals surface area contributed by atoms with Crippen molar-refractivity contribution in [1.82, 2.24) is 4.98 Å². The standard InChI is InChI=1S/C11H12BrNO2/c1-6-3-4-7-8(11(14)15-2)5-9(12)13-10(6)7/h5-6H,3-4H2,1-2H3. The number of fused-ring (bicyclic) bond motifs is 1. The van der Waals surface area contributed by atoms with Gasteiger partial charge < -0.3 is 4.74 Å². The molecule has 80 valence electrons. The Balaban J connectivity index is 2.56. The minimum absolute atomic E-state index is 0.275. The Morgan fingerprint density at radius 1 is 1.67 bits per heavy atom. The van der Waals surface area contributed by atoms with Crippen molar-refractivity contribution in [3.8, 4) is 0 Å². The summed E-state index contributed by atoms with van der Waals surface area (Å²) in [5, 5.41) is 0. The molecule has 1 heterocycles. The minimum Gasteiger partial charge on any atom is -0.465 e. The number of methoxy groups -OCH3 is 1. The van der Waals surface area contributed by atoms with Crippen LogP contribution in [0.4, 0.5) is 0 Å². The Hall–Kier alpha value is -0.900. The van der Waals surface area contributed by atoms with Gasteiger partial charge in [-0.3, -0.25) is 0 Å². The average molecular weight is 270 g/mol. The van der Waals surface area contributed by atoms with Crippen molar-refractivity contribution in [2.45, 2.75) is 25.7 Å². The van der Waals surface area contributed by atoms with Crippen LogP contribution < -0.4 is 0 Å². The summed E-state index contributed by atoms with van der Waals surface area (Å²) >= 11 is 3.32. The molecule has 1 aromatic rings. The molecule has 3 nitrogen and oxygen atoms in total. The van der Waals surface area contributed by atoms with Crippen LogP contribution in [0.1, 0.15) is 40.9 Å². The number of pyridine rings is 1. The monoisotopic (exact) mass is 269 g/mol. The van der Waals surface area contributed by atoms with Crippen LogP contribution in [-0.2, 0) is 11.2 Å². The van der Waals surface area contributed by atoms with E-state index < -0.39 is 0 Å². The first kappa shape index (κ1) is 10.6. The molecule has 2 rings (SSSR count). The highest BCUT2D eigenvalue weighted by Crippen LogP contribution is 2.34. The van der Waals surface area contributed by atoms with Crippen molar-refractivity contribution in [2.24, 2.45) is 0 Å². The maximum atomic E-state index is 11.6. The van der Waals surface area contributed by atoms with Gasteiger partial charge in [-0.2, -0.15) is 0 Å². The zero-order valence-corrected chi connectivity index (χ0v) is 10.3. The Bertz CT molecular complexity index is 417. The Morgan fingerprint density at radius 3 is 3.07 bits per heavy atom. The molecule has 15 heavy (non-hydrogen) atoms. The van der Waals surface area contributed by atoms with E-state index in [0.717, 1.165) is 24.1 Å². The molecular weight excluding hydrogens is 258 g/mol. The molecule has 1 aromatic heterocycles. The van der Waals surface area contributed by atoms with E-state index >= 15 is 0 Å². The molecule has 0 aliphatic heterocycles. The Morgan fingerprint density at radius 2 is 2.40 bits per heavy atom. The first-order valence-electron chi connectivity index (χ1n) is 4.91. The first-order chi connectivity index (χ1) is 7.13. The van der Waals surface area contributed by atoms with Gasteiger partial charge in [-0.05, 0) is 46.3 Å². The lowest BCUT2D eigenvalue weighted by Gasteiger charge is -2.08. The molecule has 0 bridgehead atoms. The van der Waals surface area contributed by atoms with Crippen LogP contribution in [-0.4, -0.2) is 18.1 Å². The summed E-state index contributed by atoms with van der Waals surface area (Å²) in [6.07, 6.45) is 1.98. The van der Waals surface area contributed by atoms with Crippen molar-refractivity contribution in [3.63, 3.8) is 0 Å². The van der Waals surface area contributed by atoms with Crippen LogP contribution in [0.25, 0.3) is 0 Å². The third-order valence-corrected chi connectivity index (χ3v) is 3.23. The van der Waals surface area contributed by atoms with Crippen LogP contribution >= 0.6 is 15.9 Å². The molecule has 0 radical (unpaired) electrons. The highest BCUT2D eigenvalue weighted by atomic mass is 79.9. The lowest BCUT2D eigenvalue weighted by atomic mass is 10.1. The normalized spacial score (nSPS) is 18.7. The fourth-order valence-electron chi connectivity index (χ4n) is 2.02. The second-order valence-corrected chi connectivity index (χ2v) is 4.60. The zero-order valence-electron chi connectivity index (χ0n) is 8.71. The lowest BCUT2D eigenvalue weighted by Crippen LogP contribution is -2.07. The Labute approximate surface area is 97.0 Å². The van der Waals surface area contributed by atoms with Crippen LogP contribution in [0.5, 0.6) is 0 Å². The molecule has 0 saturated heterocycles. The van der Waals surface area contributed by atoms with Gasteiger partial charge in [-0.25, -0.2) is 9.78 Å². The largest absolute Gasteiger partial charge is 0.465 e. The van der Waals surface area contributed by atoms with Gasteiger partial charge in [0, 0.05) is 5.69 Å². The van der Waals surface area contributed by atoms with E-state index in [1.54, 1.807) is 6.07 Å². The number of ether oxygens (including phenoxy) is 1. The lowest BCUT2D eigenvalue weighted by molar-refractivity contribution is 0.0599. The zero-order chi connectivity index (χ0) is 11.0. The second-order valence-electron chi connectivity index (χ2n) is 3.79. The summed E-state index contributed by atoms with van der Waals surface area (Å²) in [5.41, 5.74) is 2.74. The van der Waals surface area contributed by atoms with E-state index in [-0.39, 0.29) is 5.97 Å². The fraction of sp³-hybridized carbons (Fsp3) is 0.455. The second kappa shape index (κ2) is 3.93. The van der Waals surface area contributed by atoms with Crippen molar-refractivity contribution in [2.75, 3.05) is 7.11 Å². The molecule has 0 aromatic carbocycles. The number of nitrogens with zero attached hydrogens (tertiary/aromatic N) is 1. The number of halogens is 1. The van der Waals surface area contributed by atoms with E-state index in [1.165, 1.54) is 7.11 Å². The van der Waals surface area contributed by atoms with Crippen molar-refractivity contribution < 1.29 is 9.53 Å². The number of hydrogen-bond acceptors (Lipinski definition) is 3. The van der Waals surface area contributed by atoms with E-state index in [0.29, 0.717) is 16.1 Å². The third kappa shape index (κ3) is 1.78. The smallest absolute Gasteiger partial charge is 0.338 e. The summed E-state index contributed by atoms with van der Waals surface area (Å²) in [6, 6.07) is 1.74. The van der Waals surface area contributed by atoms with E-state index in [9.17, 15) is 4.79 Å². The van der Waals surface area contributed by atoms with Crippen LogP contribution in [0.3, 0.4) is 0 Å². The van der Waals surface area contributed by atoms with Gasteiger partial charge in [0.25, 0.3) is 0 Å². The van der Waals surface area contributed by atoms with Gasteiger partial charge in [0.05, 0.1) is 12.7 Å². The van der Waals surface area contributed by atoms with Gasteiger partial charge in [-0.15, -0.1) is 0 Å². The topological polar surface area (TPSA) is 39.2 Å². The van der Waals surface area contributed by atoms with E-state index in [4.69, 9.17) is 4.74 Å². The van der Waals surface area contributed by atoms with Gasteiger partial charge >= 0.3 is 5.97 Å². The molecule has 4 heteroatoms. The molecule has 1 unspecified atom stereocenters. The number of carbonyl (C=O) groups excluding carboxylic acids is 1. The molecule has 1 atom stereocenters. The number of hydrogen-bond donors (Lipinski definition) is 0. The van der Waals surface area contributed by atoms with Gasteiger partial charge in [0.1, 0.15) is 4.60 Å². The molecule has 0 N–H and O–H groups in total. The predicted octanol–water partition coefficient (Wildman–Crippen LogP) is 2.68. The molecule has 1 aliphatic rings. The van der Waals surface area contributed by atoms with Gasteiger partial charge in [0.15, 0.2) is 0 Å². The molecule has 0 fully saturated rings. The SMILES string of the molecule is COC(=O)c1cc(Br)nc2c1CCC2C. The number of esters is 1. The van der Waals surface area contributed by atoms with Crippen LogP contribution in [0, 0.1) is 0 Å². The van der Waals surface area contributed by atoms with Crippen molar-refractivity contribution in [3.05, 3.63) is 27.5 Å². The van der Waals surface area contributed by atoms with Crippen molar-refractivity contribution >= 4 is 21.9 Å². The highest BCUT2D eigenvalue weighted by Gasteiger charge is 2.26. The van der Waals surface area contributed by atoms with Crippen molar-refractivity contribution in [1.29, 1.82) is 0 Å². The fourth-order valence-corrected chi connectivity index (χ4v) is 2.44. The van der Waals surface area contributed by atoms with Crippen LogP contribution in [0.2, 0.25) is 0 Å². The van der Waals surface area contributed by atoms with Crippen LogP contribution in [0.15, 0.2) is 10.7 Å². The predicted molar refractivity (Wildman–Crippen MR) is 60.0 cm³/mol. The van der Waals surface area contributed by atoms with E-state index in [1.807, 2.05) is 0 Å². The highest BCUT2D eigenvalue weighted by molar-refractivity contribution is 9.10. The summed E-state index contributed by atoms with van der Waals surface area (Å²) in [6.45, 7) is 2.13.